The molecule has 0 radical (unpaired) electrons. The van der Waals surface area contributed by atoms with Crippen LogP contribution in [0.1, 0.15) is 232 Å². The molecule has 0 aromatic carbocycles. The van der Waals surface area contributed by atoms with Crippen LogP contribution in [0.15, 0.2) is 109 Å². The molecule has 0 aliphatic heterocycles. The molecule has 0 saturated carbocycles. The first kappa shape index (κ1) is 70.7. The summed E-state index contributed by atoms with van der Waals surface area (Å²) in [5.41, 5.74) is 0. The van der Waals surface area contributed by atoms with Gasteiger partial charge in [-0.05, 0) is 96.3 Å². The predicted octanol–water partition coefficient (Wildman–Crippen LogP) is 18.0. The van der Waals surface area contributed by atoms with Crippen molar-refractivity contribution in [1.82, 2.24) is 0 Å². The van der Waals surface area contributed by atoms with E-state index in [1.807, 2.05) is 21.1 Å². The van der Waals surface area contributed by atoms with Crippen LogP contribution in [0.25, 0.3) is 0 Å². The number of quaternary nitrogens is 1. The van der Waals surface area contributed by atoms with Gasteiger partial charge in [-0.3, -0.25) is 14.2 Å². The fourth-order valence-corrected chi connectivity index (χ4v) is 8.52. The first-order chi connectivity index (χ1) is 36.0. The third-order valence-corrected chi connectivity index (χ3v) is 13.3. The molecule has 2 unspecified atom stereocenters. The Morgan fingerprint density at radius 3 is 1.08 bits per heavy atom. The third kappa shape index (κ3) is 57.9. The van der Waals surface area contributed by atoms with Crippen molar-refractivity contribution in [3.05, 3.63) is 109 Å². The first-order valence-electron chi connectivity index (χ1n) is 29.6. The quantitative estimate of drug-likeness (QED) is 0.0195. The van der Waals surface area contributed by atoms with Crippen LogP contribution in [0.4, 0.5) is 0 Å². The largest absolute Gasteiger partial charge is 0.756 e. The van der Waals surface area contributed by atoms with Crippen LogP contribution in [-0.2, 0) is 32.7 Å². The molecule has 10 heteroatoms. The van der Waals surface area contributed by atoms with Crippen LogP contribution >= 0.6 is 7.82 Å². The Hall–Kier alpha value is -3.33. The summed E-state index contributed by atoms with van der Waals surface area (Å²) in [6.07, 6.45) is 75.6. The Morgan fingerprint density at radius 1 is 0.419 bits per heavy atom. The number of carbonyl (C=O) groups is 2. The lowest BCUT2D eigenvalue weighted by atomic mass is 10.0. The topological polar surface area (TPSA) is 111 Å². The highest BCUT2D eigenvalue weighted by Crippen LogP contribution is 2.38. The van der Waals surface area contributed by atoms with Crippen LogP contribution in [-0.4, -0.2) is 70.0 Å². The van der Waals surface area contributed by atoms with E-state index >= 15 is 0 Å². The number of likely N-dealkylation sites (N-methyl/N-ethyl adjacent to an activating group) is 1. The van der Waals surface area contributed by atoms with E-state index in [1.54, 1.807) is 0 Å². The summed E-state index contributed by atoms with van der Waals surface area (Å²) in [4.78, 5) is 37.9. The summed E-state index contributed by atoms with van der Waals surface area (Å²) in [5.74, 6) is -0.852. The molecule has 0 fully saturated rings. The number of phosphoric ester groups is 1. The van der Waals surface area contributed by atoms with Crippen molar-refractivity contribution < 1.29 is 42.1 Å². The fourth-order valence-electron chi connectivity index (χ4n) is 7.79. The Morgan fingerprint density at radius 2 is 0.730 bits per heavy atom. The molecule has 0 heterocycles. The van der Waals surface area contributed by atoms with Crippen molar-refractivity contribution in [1.29, 1.82) is 0 Å². The van der Waals surface area contributed by atoms with Crippen LogP contribution in [0.5, 0.6) is 0 Å². The van der Waals surface area contributed by atoms with Crippen LogP contribution in [0.2, 0.25) is 0 Å². The number of unbranched alkanes of at least 4 members (excludes halogenated alkanes) is 21. The molecule has 0 saturated heterocycles. The van der Waals surface area contributed by atoms with Gasteiger partial charge in [0.1, 0.15) is 19.8 Å². The van der Waals surface area contributed by atoms with Gasteiger partial charge in [-0.2, -0.15) is 0 Å². The number of carbonyl (C=O) groups excluding carboxylic acids is 2. The van der Waals surface area contributed by atoms with Gasteiger partial charge in [-0.1, -0.05) is 232 Å². The van der Waals surface area contributed by atoms with Gasteiger partial charge in [0.15, 0.2) is 6.10 Å². The Kier molecular flexibility index (Phi) is 52.0. The molecule has 0 spiro atoms. The minimum atomic E-state index is -4.65. The van der Waals surface area contributed by atoms with Gasteiger partial charge in [-0.25, -0.2) is 0 Å². The maximum absolute atomic E-state index is 12.8. The molecule has 2 atom stereocenters. The number of allylic oxidation sites excluding steroid dienone is 18. The number of phosphoric acid groups is 1. The van der Waals surface area contributed by atoms with E-state index in [0.717, 1.165) is 116 Å². The second kappa shape index (κ2) is 54.5. The summed E-state index contributed by atoms with van der Waals surface area (Å²) in [6, 6.07) is 0. The van der Waals surface area contributed by atoms with Crippen molar-refractivity contribution in [3.63, 3.8) is 0 Å². The number of esters is 2. The predicted molar refractivity (Wildman–Crippen MR) is 314 cm³/mol. The fraction of sp³-hybridized carbons (Fsp3) is 0.688. The van der Waals surface area contributed by atoms with E-state index in [4.69, 9.17) is 18.5 Å². The van der Waals surface area contributed by atoms with Gasteiger partial charge in [-0.15, -0.1) is 0 Å². The lowest BCUT2D eigenvalue weighted by Crippen LogP contribution is -2.37. The second-order valence-electron chi connectivity index (χ2n) is 20.6. The molecule has 0 rings (SSSR count). The van der Waals surface area contributed by atoms with Crippen molar-refractivity contribution in [2.45, 2.75) is 238 Å². The van der Waals surface area contributed by atoms with Crippen molar-refractivity contribution in [2.75, 3.05) is 47.5 Å². The molecule has 0 aliphatic carbocycles. The van der Waals surface area contributed by atoms with Crippen LogP contribution in [0.3, 0.4) is 0 Å². The first-order valence-corrected chi connectivity index (χ1v) is 31.1. The zero-order chi connectivity index (χ0) is 54.2. The lowest BCUT2D eigenvalue weighted by Gasteiger charge is -2.28. The highest BCUT2D eigenvalue weighted by Gasteiger charge is 2.22. The minimum Gasteiger partial charge on any atom is -0.756 e. The molecule has 9 nitrogen and oxygen atoms in total. The molecular weight excluding hydrogens is 942 g/mol. The van der Waals surface area contributed by atoms with Gasteiger partial charge in [0.2, 0.25) is 0 Å². The number of hydrogen-bond acceptors (Lipinski definition) is 8. The molecule has 0 aromatic heterocycles. The molecular formula is C64H110NO8P. The molecule has 0 bridgehead atoms. The maximum atomic E-state index is 12.8. The lowest BCUT2D eigenvalue weighted by molar-refractivity contribution is -0.870. The van der Waals surface area contributed by atoms with Gasteiger partial charge in [0, 0.05) is 12.8 Å². The SMILES string of the molecule is CC/C=C\C/C=C\C/C=C\C/C=C\C/C=C\CCCCCCCCCCCCCCCCCC(=O)OC(COC(=O)CCCCCCCC/C=C\C/C=C\C/C=C\C/C=C\CC)COP(=O)([O-])OCC[N+](C)(C)C. The zero-order valence-corrected chi connectivity index (χ0v) is 48.9. The summed E-state index contributed by atoms with van der Waals surface area (Å²) in [7, 11) is 1.15. The van der Waals surface area contributed by atoms with E-state index in [2.05, 4.69) is 123 Å². The van der Waals surface area contributed by atoms with Crippen molar-refractivity contribution >= 4 is 19.8 Å². The minimum absolute atomic E-state index is 0.0380. The van der Waals surface area contributed by atoms with Crippen molar-refractivity contribution in [2.24, 2.45) is 0 Å². The van der Waals surface area contributed by atoms with Crippen LogP contribution < -0.4 is 4.89 Å². The summed E-state index contributed by atoms with van der Waals surface area (Å²) in [6.45, 7) is 3.99. The highest BCUT2D eigenvalue weighted by atomic mass is 31.2. The Balaban J connectivity index is 4.14. The van der Waals surface area contributed by atoms with E-state index < -0.39 is 32.5 Å². The number of rotatable bonds is 53. The van der Waals surface area contributed by atoms with E-state index in [9.17, 15) is 19.0 Å². The van der Waals surface area contributed by atoms with Gasteiger partial charge in [0.05, 0.1) is 27.7 Å². The second-order valence-corrected chi connectivity index (χ2v) is 22.0. The molecule has 0 aromatic rings. The van der Waals surface area contributed by atoms with Gasteiger partial charge >= 0.3 is 11.9 Å². The number of hydrogen-bond donors (Lipinski definition) is 0. The summed E-state index contributed by atoms with van der Waals surface area (Å²) < 4.78 is 34.2. The Labute approximate surface area is 455 Å². The highest BCUT2D eigenvalue weighted by molar-refractivity contribution is 7.45. The maximum Gasteiger partial charge on any atom is 0.306 e. The van der Waals surface area contributed by atoms with Gasteiger partial charge in [0.25, 0.3) is 7.82 Å². The van der Waals surface area contributed by atoms with E-state index in [-0.39, 0.29) is 26.1 Å². The molecule has 74 heavy (non-hydrogen) atoms. The average molecular weight is 1050 g/mol. The van der Waals surface area contributed by atoms with Crippen LogP contribution in [0, 0.1) is 0 Å². The molecule has 424 valence electrons. The zero-order valence-electron chi connectivity index (χ0n) is 48.0. The standard InChI is InChI=1S/C64H110NO8P/c1-6-8-10-12-14-16-18-20-22-24-26-27-28-29-30-31-32-33-34-35-36-37-39-41-43-45-47-49-51-53-55-57-64(67)73-62(61-72-74(68,69)71-59-58-65(3,4)5)60-70-63(66)56-54-52-50-48-46-44-42-40-38-25-23-21-19-17-15-13-11-9-7-2/h8-11,14-17,20-23,26-27,29-30,38,40,62H,6-7,12-13,18-19,24-25,28,31-37,39,41-61H2,1-5H3/b10-8-,11-9-,16-14-,17-15-,22-20-,23-21-,27-26-,30-29-,40-38-. The summed E-state index contributed by atoms with van der Waals surface area (Å²) >= 11 is 0. The van der Waals surface area contributed by atoms with Gasteiger partial charge < -0.3 is 27.9 Å². The van der Waals surface area contributed by atoms with E-state index in [1.165, 1.54) is 77.0 Å². The van der Waals surface area contributed by atoms with E-state index in [0.29, 0.717) is 23.9 Å². The molecule has 0 amide bonds. The number of ether oxygens (including phenoxy) is 2. The normalized spacial score (nSPS) is 14.1. The molecule has 0 N–H and O–H groups in total. The Bertz CT molecular complexity index is 1620. The third-order valence-electron chi connectivity index (χ3n) is 12.3. The average Bonchev–Trinajstić information content (AvgIpc) is 3.36. The monoisotopic (exact) mass is 1050 g/mol. The molecule has 0 aliphatic rings. The smallest absolute Gasteiger partial charge is 0.306 e. The number of nitrogens with zero attached hydrogens (tertiary/aromatic N) is 1. The summed E-state index contributed by atoms with van der Waals surface area (Å²) in [5, 5.41) is 0. The van der Waals surface area contributed by atoms with Crippen molar-refractivity contribution in [3.8, 4) is 0 Å².